The van der Waals surface area contributed by atoms with Crippen LogP contribution >= 0.6 is 0 Å². The summed E-state index contributed by atoms with van der Waals surface area (Å²) in [5.41, 5.74) is 1.82. The molecule has 3 atom stereocenters. The van der Waals surface area contributed by atoms with Crippen LogP contribution in [-0.2, 0) is 17.8 Å². The van der Waals surface area contributed by atoms with E-state index in [4.69, 9.17) is 19.7 Å². The maximum absolute atomic E-state index is 15.6. The molecule has 11 heteroatoms. The van der Waals surface area contributed by atoms with Crippen molar-refractivity contribution in [3.05, 3.63) is 112 Å². The highest BCUT2D eigenvalue weighted by atomic mass is 19.1. The summed E-state index contributed by atoms with van der Waals surface area (Å²) in [5.74, 6) is -2.06. The van der Waals surface area contributed by atoms with Gasteiger partial charge in [0.2, 0.25) is 5.88 Å². The first kappa shape index (κ1) is 28.6. The molecule has 1 aliphatic heterocycles. The van der Waals surface area contributed by atoms with Crippen LogP contribution in [0.1, 0.15) is 51.8 Å². The second kappa shape index (κ2) is 11.4. The Balaban J connectivity index is 1.17. The van der Waals surface area contributed by atoms with Gasteiger partial charge in [-0.05, 0) is 72.9 Å². The van der Waals surface area contributed by atoms with Gasteiger partial charge in [-0.25, -0.2) is 27.9 Å². The molecule has 0 unspecified atom stereocenters. The molecule has 1 saturated heterocycles. The van der Waals surface area contributed by atoms with E-state index in [9.17, 15) is 14.3 Å². The number of nitrogens with zero attached hydrogens (tertiary/aromatic N) is 4. The minimum Gasteiger partial charge on any atom is -0.478 e. The van der Waals surface area contributed by atoms with Crippen LogP contribution in [0, 0.1) is 34.7 Å². The third-order valence-electron chi connectivity index (χ3n) is 8.50. The zero-order valence-electron chi connectivity index (χ0n) is 23.7. The molecule has 1 N–H and O–H groups in total. The molecule has 7 rings (SSSR count). The number of benzene rings is 3. The lowest BCUT2D eigenvalue weighted by Crippen LogP contribution is -2.25. The molecule has 0 spiro atoms. The SMILES string of the molecule is N#Cc1ccc(COc2cccc(-c3cc(F)c(Cc4nc5ccc(C(=O)O)cc5n4[C@H]4C[C@H]5CO[C@@H]4C5)cc3F)n2)c(F)c1. The van der Waals surface area contributed by atoms with Gasteiger partial charge in [-0.2, -0.15) is 5.26 Å². The van der Waals surface area contributed by atoms with Crippen molar-refractivity contribution in [1.29, 1.82) is 5.26 Å². The largest absolute Gasteiger partial charge is 0.478 e. The number of rotatable bonds is 8. The Kier molecular flexibility index (Phi) is 7.22. The van der Waals surface area contributed by atoms with Gasteiger partial charge < -0.3 is 19.1 Å². The van der Waals surface area contributed by atoms with Crippen molar-refractivity contribution in [3.8, 4) is 23.2 Å². The molecule has 3 heterocycles. The Morgan fingerprint density at radius 1 is 1.00 bits per heavy atom. The minimum atomic E-state index is -1.07. The predicted octanol–water partition coefficient (Wildman–Crippen LogP) is 6.61. The summed E-state index contributed by atoms with van der Waals surface area (Å²) in [6, 6.07) is 17.3. The van der Waals surface area contributed by atoms with Crippen molar-refractivity contribution in [3.63, 3.8) is 0 Å². The highest BCUT2D eigenvalue weighted by Crippen LogP contribution is 2.45. The molecule has 226 valence electrons. The number of carboxylic acids is 1. The quantitative estimate of drug-likeness (QED) is 0.211. The predicted molar refractivity (Wildman–Crippen MR) is 156 cm³/mol. The number of nitriles is 1. The van der Waals surface area contributed by atoms with E-state index in [1.807, 2.05) is 10.6 Å². The van der Waals surface area contributed by atoms with E-state index < -0.39 is 23.4 Å². The molecule has 3 aromatic carbocycles. The smallest absolute Gasteiger partial charge is 0.335 e. The maximum atomic E-state index is 15.6. The Morgan fingerprint density at radius 2 is 1.84 bits per heavy atom. The number of aromatic carboxylic acids is 1. The summed E-state index contributed by atoms with van der Waals surface area (Å²) in [6.45, 7) is 0.504. The van der Waals surface area contributed by atoms with E-state index in [1.54, 1.807) is 18.2 Å². The number of hydrogen-bond acceptors (Lipinski definition) is 6. The molecule has 5 aromatic rings. The fourth-order valence-corrected chi connectivity index (χ4v) is 6.31. The van der Waals surface area contributed by atoms with Crippen molar-refractivity contribution in [2.75, 3.05) is 6.61 Å². The Morgan fingerprint density at radius 3 is 2.58 bits per heavy atom. The van der Waals surface area contributed by atoms with Crippen molar-refractivity contribution in [1.82, 2.24) is 14.5 Å². The Bertz CT molecular complexity index is 2020. The van der Waals surface area contributed by atoms with Crippen LogP contribution in [0.3, 0.4) is 0 Å². The van der Waals surface area contributed by atoms with E-state index in [1.165, 1.54) is 30.3 Å². The maximum Gasteiger partial charge on any atom is 0.335 e. The third-order valence-corrected chi connectivity index (χ3v) is 8.50. The van der Waals surface area contributed by atoms with Gasteiger partial charge in [0.05, 0.1) is 52.7 Å². The fourth-order valence-electron chi connectivity index (χ4n) is 6.31. The molecule has 2 bridgehead atoms. The normalized spacial score (nSPS) is 18.8. The minimum absolute atomic E-state index is 0.0270. The van der Waals surface area contributed by atoms with E-state index in [0.29, 0.717) is 29.4 Å². The highest BCUT2D eigenvalue weighted by molar-refractivity contribution is 5.92. The number of aromatic nitrogens is 3. The van der Waals surface area contributed by atoms with Crippen LogP contribution in [0.2, 0.25) is 0 Å². The Labute approximate surface area is 255 Å². The number of fused-ring (bicyclic) bond motifs is 3. The van der Waals surface area contributed by atoms with Crippen LogP contribution in [0.15, 0.2) is 66.7 Å². The number of carboxylic acid groups (broad SMARTS) is 1. The summed E-state index contributed by atoms with van der Waals surface area (Å²) in [4.78, 5) is 20.7. The second-order valence-electron chi connectivity index (χ2n) is 11.4. The monoisotopic (exact) mass is 610 g/mol. The van der Waals surface area contributed by atoms with E-state index in [-0.39, 0.29) is 64.6 Å². The highest BCUT2D eigenvalue weighted by Gasteiger charge is 2.43. The molecule has 2 aliphatic rings. The summed E-state index contributed by atoms with van der Waals surface area (Å²) in [7, 11) is 0. The van der Waals surface area contributed by atoms with Gasteiger partial charge >= 0.3 is 5.97 Å². The van der Waals surface area contributed by atoms with Crippen molar-refractivity contribution in [2.45, 2.75) is 38.0 Å². The topological polar surface area (TPSA) is 110 Å². The fraction of sp³-hybridized carbons (Fsp3) is 0.235. The zero-order chi connectivity index (χ0) is 31.2. The molecule has 1 aliphatic carbocycles. The van der Waals surface area contributed by atoms with E-state index >= 15 is 8.78 Å². The molecule has 0 amide bonds. The number of hydrogen-bond donors (Lipinski definition) is 1. The second-order valence-corrected chi connectivity index (χ2v) is 11.4. The van der Waals surface area contributed by atoms with Crippen LogP contribution < -0.4 is 4.74 Å². The van der Waals surface area contributed by atoms with Crippen LogP contribution in [0.4, 0.5) is 13.2 Å². The lowest BCUT2D eigenvalue weighted by molar-refractivity contribution is 0.0395. The van der Waals surface area contributed by atoms with Gasteiger partial charge in [0.15, 0.2) is 0 Å². The first-order valence-corrected chi connectivity index (χ1v) is 14.4. The third kappa shape index (κ3) is 5.38. The van der Waals surface area contributed by atoms with Gasteiger partial charge in [-0.3, -0.25) is 0 Å². The standard InChI is InChI=1S/C34H25F3N4O4/c35-24-8-18(15-38)4-5-21(24)17-45-33-3-1-2-27(40-33)23-14-25(36)22(11-26(23)37)13-32-39-28-7-6-20(34(42)43)12-29(28)41(32)30-9-19-10-31(30)44-16-19/h1-8,11-12,14,19,30-31H,9-10,13,16-17H2,(H,42,43)/t19-,30+,31-/m1/s1. The van der Waals surface area contributed by atoms with Crippen molar-refractivity contribution < 1.29 is 32.5 Å². The number of ether oxygens (including phenoxy) is 2. The first-order chi connectivity index (χ1) is 21.8. The van der Waals surface area contributed by atoms with Crippen molar-refractivity contribution in [2.24, 2.45) is 5.92 Å². The van der Waals surface area contributed by atoms with Gasteiger partial charge in [-0.1, -0.05) is 12.1 Å². The van der Waals surface area contributed by atoms with E-state index in [0.717, 1.165) is 31.0 Å². The van der Waals surface area contributed by atoms with Gasteiger partial charge in [0.1, 0.15) is 29.9 Å². The molecule has 1 saturated carbocycles. The summed E-state index contributed by atoms with van der Waals surface area (Å²) >= 11 is 0. The first-order valence-electron chi connectivity index (χ1n) is 14.4. The average molecular weight is 611 g/mol. The molecular formula is C34H25F3N4O4. The van der Waals surface area contributed by atoms with Gasteiger partial charge in [0, 0.05) is 23.6 Å². The summed E-state index contributed by atoms with van der Waals surface area (Å²) in [6.07, 6.45) is 1.63. The summed E-state index contributed by atoms with van der Waals surface area (Å²) in [5, 5.41) is 18.5. The molecular weight excluding hydrogens is 585 g/mol. The number of carbonyl (C=O) groups is 1. The van der Waals surface area contributed by atoms with Crippen LogP contribution in [0.25, 0.3) is 22.3 Å². The molecule has 0 radical (unpaired) electrons. The average Bonchev–Trinajstić information content (AvgIpc) is 3.76. The van der Waals surface area contributed by atoms with Crippen LogP contribution in [0.5, 0.6) is 5.88 Å². The number of imidazole rings is 1. The zero-order valence-corrected chi connectivity index (χ0v) is 23.7. The van der Waals surface area contributed by atoms with Gasteiger partial charge in [-0.15, -0.1) is 0 Å². The summed E-state index contributed by atoms with van der Waals surface area (Å²) < 4.78 is 58.9. The lowest BCUT2D eigenvalue weighted by Gasteiger charge is -2.26. The van der Waals surface area contributed by atoms with Crippen LogP contribution in [-0.4, -0.2) is 38.3 Å². The molecule has 8 nitrogen and oxygen atoms in total. The molecule has 2 fully saturated rings. The number of pyridine rings is 1. The molecule has 2 aromatic heterocycles. The number of halogens is 3. The molecule has 45 heavy (non-hydrogen) atoms. The Hall–Kier alpha value is -5.21. The van der Waals surface area contributed by atoms with Gasteiger partial charge in [0.25, 0.3) is 0 Å². The van der Waals surface area contributed by atoms with Crippen molar-refractivity contribution >= 4 is 17.0 Å². The van der Waals surface area contributed by atoms with E-state index in [2.05, 4.69) is 4.98 Å². The lowest BCUT2D eigenvalue weighted by atomic mass is 10.0.